The lowest BCUT2D eigenvalue weighted by Crippen LogP contribution is -2.14. The predicted molar refractivity (Wildman–Crippen MR) is 95.8 cm³/mol. The van der Waals surface area contributed by atoms with E-state index in [-0.39, 0.29) is 11.8 Å². The Balaban J connectivity index is 2.04. The van der Waals surface area contributed by atoms with E-state index < -0.39 is 0 Å². The Morgan fingerprint density at radius 1 is 1.25 bits per heavy atom. The molecule has 1 heterocycles. The van der Waals surface area contributed by atoms with Gasteiger partial charge in [0.2, 0.25) is 5.91 Å². The Morgan fingerprint density at radius 2 is 2.08 bits per heavy atom. The lowest BCUT2D eigenvalue weighted by Gasteiger charge is -2.12. The fourth-order valence-corrected chi connectivity index (χ4v) is 2.66. The van der Waals surface area contributed by atoms with Crippen LogP contribution in [0.4, 0.5) is 10.8 Å². The molecule has 2 N–H and O–H groups in total. The molecule has 0 fully saturated rings. The minimum atomic E-state index is -0.274. The number of ether oxygens (including phenoxy) is 1. The monoisotopic (exact) mass is 347 g/mol. The summed E-state index contributed by atoms with van der Waals surface area (Å²) in [5.74, 6) is 0.122. The van der Waals surface area contributed by atoms with Gasteiger partial charge in [-0.25, -0.2) is 4.98 Å². The summed E-state index contributed by atoms with van der Waals surface area (Å²) in [4.78, 5) is 28.1. The summed E-state index contributed by atoms with van der Waals surface area (Å²) in [5, 5.41) is 7.86. The highest BCUT2D eigenvalue weighted by Crippen LogP contribution is 2.26. The smallest absolute Gasteiger partial charge is 0.257 e. The van der Waals surface area contributed by atoms with E-state index in [1.807, 2.05) is 0 Å². The fraction of sp³-hybridized carbons (Fsp3) is 0.353. The zero-order valence-electron chi connectivity index (χ0n) is 13.8. The van der Waals surface area contributed by atoms with Gasteiger partial charge in [-0.3, -0.25) is 14.9 Å². The SMILES string of the molecule is CCCCCC(=O)Nc1ccc(C(=O)Nc2nccs2)cc1OC. The summed E-state index contributed by atoms with van der Waals surface area (Å²) in [5.41, 5.74) is 0.996. The lowest BCUT2D eigenvalue weighted by molar-refractivity contribution is -0.116. The van der Waals surface area contributed by atoms with Crippen LogP contribution in [0.2, 0.25) is 0 Å². The average molecular weight is 347 g/mol. The van der Waals surface area contributed by atoms with Crippen molar-refractivity contribution in [3.63, 3.8) is 0 Å². The molecule has 0 aliphatic rings. The summed E-state index contributed by atoms with van der Waals surface area (Å²) in [6.07, 6.45) is 5.06. The van der Waals surface area contributed by atoms with Crippen molar-refractivity contribution in [1.29, 1.82) is 0 Å². The number of thiazole rings is 1. The van der Waals surface area contributed by atoms with Crippen LogP contribution in [0.1, 0.15) is 43.0 Å². The molecule has 7 heteroatoms. The van der Waals surface area contributed by atoms with E-state index in [9.17, 15) is 9.59 Å². The third-order valence-corrected chi connectivity index (χ3v) is 4.09. The van der Waals surface area contributed by atoms with Crippen LogP contribution >= 0.6 is 11.3 Å². The van der Waals surface area contributed by atoms with Crippen LogP contribution in [0, 0.1) is 0 Å². The van der Waals surface area contributed by atoms with E-state index in [0.29, 0.717) is 28.6 Å². The number of hydrogen-bond donors (Lipinski definition) is 2. The zero-order chi connectivity index (χ0) is 17.4. The Bertz CT molecular complexity index is 686. The maximum atomic E-state index is 12.2. The second-order valence-corrected chi connectivity index (χ2v) is 6.11. The molecule has 128 valence electrons. The number of rotatable bonds is 8. The van der Waals surface area contributed by atoms with Crippen LogP contribution in [0.25, 0.3) is 0 Å². The number of carbonyl (C=O) groups excluding carboxylic acids is 2. The number of nitrogens with zero attached hydrogens (tertiary/aromatic N) is 1. The van der Waals surface area contributed by atoms with Gasteiger partial charge in [-0.15, -0.1) is 11.3 Å². The topological polar surface area (TPSA) is 80.3 Å². The van der Waals surface area contributed by atoms with Crippen molar-refractivity contribution in [1.82, 2.24) is 4.98 Å². The van der Waals surface area contributed by atoms with Crippen molar-refractivity contribution >= 4 is 34.0 Å². The van der Waals surface area contributed by atoms with E-state index in [1.54, 1.807) is 29.8 Å². The molecule has 24 heavy (non-hydrogen) atoms. The first-order chi connectivity index (χ1) is 11.6. The summed E-state index contributed by atoms with van der Waals surface area (Å²) in [6, 6.07) is 4.92. The minimum Gasteiger partial charge on any atom is -0.495 e. The van der Waals surface area contributed by atoms with Crippen molar-refractivity contribution in [2.45, 2.75) is 32.6 Å². The number of aromatic nitrogens is 1. The molecule has 0 aliphatic carbocycles. The van der Waals surface area contributed by atoms with E-state index in [0.717, 1.165) is 19.3 Å². The van der Waals surface area contributed by atoms with Crippen LogP contribution < -0.4 is 15.4 Å². The molecule has 2 amide bonds. The van der Waals surface area contributed by atoms with Crippen molar-refractivity contribution < 1.29 is 14.3 Å². The predicted octanol–water partition coefficient (Wildman–Crippen LogP) is 3.92. The first-order valence-electron chi connectivity index (χ1n) is 7.82. The van der Waals surface area contributed by atoms with Gasteiger partial charge in [0, 0.05) is 23.6 Å². The highest BCUT2D eigenvalue weighted by molar-refractivity contribution is 7.13. The van der Waals surface area contributed by atoms with Crippen molar-refractivity contribution in [3.05, 3.63) is 35.3 Å². The van der Waals surface area contributed by atoms with Gasteiger partial charge in [-0.05, 0) is 24.6 Å². The minimum absolute atomic E-state index is 0.0539. The first-order valence-corrected chi connectivity index (χ1v) is 8.70. The Morgan fingerprint density at radius 3 is 2.75 bits per heavy atom. The molecule has 1 aromatic carbocycles. The fourth-order valence-electron chi connectivity index (χ4n) is 2.14. The highest BCUT2D eigenvalue weighted by Gasteiger charge is 2.13. The zero-order valence-corrected chi connectivity index (χ0v) is 14.6. The average Bonchev–Trinajstić information content (AvgIpc) is 3.08. The molecule has 0 aliphatic heterocycles. The summed E-state index contributed by atoms with van der Waals surface area (Å²) >= 11 is 1.35. The van der Waals surface area contributed by atoms with E-state index in [1.165, 1.54) is 18.4 Å². The van der Waals surface area contributed by atoms with Gasteiger partial charge in [-0.2, -0.15) is 0 Å². The van der Waals surface area contributed by atoms with Crippen molar-refractivity contribution in [2.75, 3.05) is 17.7 Å². The summed E-state index contributed by atoms with van der Waals surface area (Å²) < 4.78 is 5.29. The molecule has 6 nitrogen and oxygen atoms in total. The first kappa shape index (κ1) is 17.9. The van der Waals surface area contributed by atoms with Gasteiger partial charge < -0.3 is 10.1 Å². The molecule has 0 spiro atoms. The molecule has 2 aromatic rings. The van der Waals surface area contributed by atoms with E-state index >= 15 is 0 Å². The van der Waals surface area contributed by atoms with Crippen LogP contribution in [0.3, 0.4) is 0 Å². The quantitative estimate of drug-likeness (QED) is 0.709. The van der Waals surface area contributed by atoms with Gasteiger partial charge in [0.25, 0.3) is 5.91 Å². The second kappa shape index (κ2) is 9.02. The number of unbranched alkanes of at least 4 members (excludes halogenated alkanes) is 2. The molecule has 0 unspecified atom stereocenters. The second-order valence-electron chi connectivity index (χ2n) is 5.21. The van der Waals surface area contributed by atoms with Gasteiger partial charge in [0.1, 0.15) is 5.75 Å². The van der Waals surface area contributed by atoms with Crippen LogP contribution in [0.15, 0.2) is 29.8 Å². The number of nitrogens with one attached hydrogen (secondary N) is 2. The van der Waals surface area contributed by atoms with Crippen molar-refractivity contribution in [3.8, 4) is 5.75 Å². The van der Waals surface area contributed by atoms with Crippen LogP contribution in [-0.4, -0.2) is 23.9 Å². The normalized spacial score (nSPS) is 10.2. The van der Waals surface area contributed by atoms with Crippen LogP contribution in [-0.2, 0) is 4.79 Å². The number of carbonyl (C=O) groups is 2. The third-order valence-electron chi connectivity index (χ3n) is 3.40. The van der Waals surface area contributed by atoms with Gasteiger partial charge in [-0.1, -0.05) is 19.8 Å². The van der Waals surface area contributed by atoms with Gasteiger partial charge in [0.05, 0.1) is 12.8 Å². The number of hydrogen-bond acceptors (Lipinski definition) is 5. The van der Waals surface area contributed by atoms with Crippen molar-refractivity contribution in [2.24, 2.45) is 0 Å². The molecule has 0 saturated heterocycles. The number of amides is 2. The maximum Gasteiger partial charge on any atom is 0.257 e. The number of methoxy groups -OCH3 is 1. The Kier molecular flexibility index (Phi) is 6.74. The van der Waals surface area contributed by atoms with Crippen LogP contribution in [0.5, 0.6) is 5.75 Å². The number of benzene rings is 1. The maximum absolute atomic E-state index is 12.2. The molecule has 1 aromatic heterocycles. The largest absolute Gasteiger partial charge is 0.495 e. The Hall–Kier alpha value is -2.41. The van der Waals surface area contributed by atoms with Gasteiger partial charge in [0.15, 0.2) is 5.13 Å². The summed E-state index contributed by atoms with van der Waals surface area (Å²) in [6.45, 7) is 2.09. The van der Waals surface area contributed by atoms with E-state index in [2.05, 4.69) is 22.5 Å². The van der Waals surface area contributed by atoms with Gasteiger partial charge >= 0.3 is 0 Å². The molecular weight excluding hydrogens is 326 g/mol. The number of anilines is 2. The van der Waals surface area contributed by atoms with E-state index in [4.69, 9.17) is 4.74 Å². The highest BCUT2D eigenvalue weighted by atomic mass is 32.1. The summed E-state index contributed by atoms with van der Waals surface area (Å²) in [7, 11) is 1.50. The lowest BCUT2D eigenvalue weighted by atomic mass is 10.1. The standard InChI is InChI=1S/C17H21N3O3S/c1-3-4-5-6-15(21)19-13-8-7-12(11-14(13)23-2)16(22)20-17-18-9-10-24-17/h7-11H,3-6H2,1-2H3,(H,19,21)(H,18,20,22). The molecule has 0 bridgehead atoms. The molecular formula is C17H21N3O3S. The Labute approximate surface area is 145 Å². The molecule has 2 rings (SSSR count). The molecule has 0 radical (unpaired) electrons. The molecule has 0 atom stereocenters. The third kappa shape index (κ3) is 5.06. The molecule has 0 saturated carbocycles.